The van der Waals surface area contributed by atoms with Crippen LogP contribution < -0.4 is 0 Å². The van der Waals surface area contributed by atoms with E-state index < -0.39 is 5.97 Å². The van der Waals surface area contributed by atoms with Gasteiger partial charge in [-0.05, 0) is 29.4 Å². The molecule has 0 heterocycles. The summed E-state index contributed by atoms with van der Waals surface area (Å²) in [5.41, 5.74) is 3.10. The Hall–Kier alpha value is -2.68. The third kappa shape index (κ3) is 1.76. The number of ketones is 1. The molecule has 0 bridgehead atoms. The SMILES string of the molecule is C=CC(=O)OC1=C2C(=Cc3ccccc32)C(=O)C=C1. The Balaban J connectivity index is 2.18. The van der Waals surface area contributed by atoms with Crippen LogP contribution in [0.3, 0.4) is 0 Å². The van der Waals surface area contributed by atoms with E-state index in [2.05, 4.69) is 6.58 Å². The molecular formula is C16H10O3. The van der Waals surface area contributed by atoms with Gasteiger partial charge in [0.2, 0.25) is 0 Å². The van der Waals surface area contributed by atoms with Gasteiger partial charge in [0.05, 0.1) is 0 Å². The summed E-state index contributed by atoms with van der Waals surface area (Å²) in [6.45, 7) is 3.37. The first-order valence-corrected chi connectivity index (χ1v) is 5.83. The molecule has 92 valence electrons. The molecule has 3 heteroatoms. The highest BCUT2D eigenvalue weighted by Crippen LogP contribution is 2.40. The van der Waals surface area contributed by atoms with Gasteiger partial charge in [-0.2, -0.15) is 0 Å². The molecule has 0 amide bonds. The minimum atomic E-state index is -0.537. The molecule has 0 saturated heterocycles. The van der Waals surface area contributed by atoms with Gasteiger partial charge in [0.1, 0.15) is 5.76 Å². The fourth-order valence-corrected chi connectivity index (χ4v) is 2.24. The molecule has 3 rings (SSSR count). The van der Waals surface area contributed by atoms with Crippen LogP contribution in [0.2, 0.25) is 0 Å². The molecule has 1 aromatic carbocycles. The molecule has 0 fully saturated rings. The molecule has 0 saturated carbocycles. The monoisotopic (exact) mass is 250 g/mol. The van der Waals surface area contributed by atoms with Gasteiger partial charge in [-0.1, -0.05) is 30.8 Å². The predicted molar refractivity (Wildman–Crippen MR) is 71.8 cm³/mol. The van der Waals surface area contributed by atoms with Gasteiger partial charge >= 0.3 is 5.97 Å². The molecule has 0 N–H and O–H groups in total. The maximum atomic E-state index is 11.9. The summed E-state index contributed by atoms with van der Waals surface area (Å²) in [5.74, 6) is -0.226. The van der Waals surface area contributed by atoms with Gasteiger partial charge in [0.15, 0.2) is 5.78 Å². The van der Waals surface area contributed by atoms with Crippen LogP contribution in [0.25, 0.3) is 11.6 Å². The number of benzene rings is 1. The van der Waals surface area contributed by atoms with Gasteiger partial charge in [-0.15, -0.1) is 0 Å². The van der Waals surface area contributed by atoms with E-state index in [-0.39, 0.29) is 5.78 Å². The van der Waals surface area contributed by atoms with E-state index in [0.717, 1.165) is 17.2 Å². The predicted octanol–water partition coefficient (Wildman–Crippen LogP) is 2.66. The summed E-state index contributed by atoms with van der Waals surface area (Å²) in [7, 11) is 0. The fraction of sp³-hybridized carbons (Fsp3) is 0. The van der Waals surface area contributed by atoms with Crippen molar-refractivity contribution < 1.29 is 14.3 Å². The molecular weight excluding hydrogens is 240 g/mol. The number of hydrogen-bond acceptors (Lipinski definition) is 3. The summed E-state index contributed by atoms with van der Waals surface area (Å²) in [4.78, 5) is 23.2. The number of ether oxygens (including phenoxy) is 1. The zero-order valence-corrected chi connectivity index (χ0v) is 10.1. The first-order chi connectivity index (χ1) is 9.20. The lowest BCUT2D eigenvalue weighted by Gasteiger charge is -2.14. The molecule has 2 aliphatic carbocycles. The van der Waals surface area contributed by atoms with Gasteiger partial charge in [0, 0.05) is 17.2 Å². The van der Waals surface area contributed by atoms with Crippen LogP contribution in [0.1, 0.15) is 11.1 Å². The van der Waals surface area contributed by atoms with Crippen LogP contribution in [0.5, 0.6) is 0 Å². The highest BCUT2D eigenvalue weighted by atomic mass is 16.5. The third-order valence-corrected chi connectivity index (χ3v) is 3.07. The van der Waals surface area contributed by atoms with Gasteiger partial charge in [-0.3, -0.25) is 4.79 Å². The smallest absolute Gasteiger partial charge is 0.335 e. The lowest BCUT2D eigenvalue weighted by Crippen LogP contribution is -2.09. The van der Waals surface area contributed by atoms with E-state index in [4.69, 9.17) is 4.74 Å². The quantitative estimate of drug-likeness (QED) is 0.598. The summed E-state index contributed by atoms with van der Waals surface area (Å²) < 4.78 is 5.20. The van der Waals surface area contributed by atoms with E-state index >= 15 is 0 Å². The highest BCUT2D eigenvalue weighted by molar-refractivity contribution is 6.24. The number of fused-ring (bicyclic) bond motifs is 3. The number of allylic oxidation sites excluding steroid dienone is 4. The van der Waals surface area contributed by atoms with Gasteiger partial charge in [-0.25, -0.2) is 4.79 Å². The van der Waals surface area contributed by atoms with Crippen LogP contribution in [-0.2, 0) is 14.3 Å². The molecule has 3 nitrogen and oxygen atoms in total. The van der Waals surface area contributed by atoms with E-state index in [9.17, 15) is 9.59 Å². The minimum Gasteiger partial charge on any atom is -0.423 e. The third-order valence-electron chi connectivity index (χ3n) is 3.07. The first kappa shape index (κ1) is 11.4. The second-order valence-corrected chi connectivity index (χ2v) is 4.21. The van der Waals surface area contributed by atoms with Crippen molar-refractivity contribution >= 4 is 23.4 Å². The summed E-state index contributed by atoms with van der Waals surface area (Å²) in [6.07, 6.45) is 5.85. The first-order valence-electron chi connectivity index (χ1n) is 5.83. The minimum absolute atomic E-state index is 0.0791. The second kappa shape index (κ2) is 4.21. The number of hydrogen-bond donors (Lipinski definition) is 0. The lowest BCUT2D eigenvalue weighted by molar-refractivity contribution is -0.133. The molecule has 0 spiro atoms. The van der Waals surface area contributed by atoms with E-state index in [1.807, 2.05) is 30.3 Å². The average molecular weight is 250 g/mol. The summed E-state index contributed by atoms with van der Waals surface area (Å²) in [6, 6.07) is 7.62. The van der Waals surface area contributed by atoms with E-state index in [0.29, 0.717) is 16.9 Å². The van der Waals surface area contributed by atoms with Crippen molar-refractivity contribution in [1.82, 2.24) is 0 Å². The molecule has 1 aromatic rings. The largest absolute Gasteiger partial charge is 0.423 e. The van der Waals surface area contributed by atoms with Crippen molar-refractivity contribution in [3.8, 4) is 0 Å². The standard InChI is InChI=1S/C16H10O3/c1-2-15(18)19-14-8-7-13(17)12-9-10-5-3-4-6-11(10)16(12)14/h2-9H,1H2. The number of esters is 1. The van der Waals surface area contributed by atoms with E-state index in [1.165, 1.54) is 12.2 Å². The zero-order valence-electron chi connectivity index (χ0n) is 10.1. The van der Waals surface area contributed by atoms with Crippen LogP contribution in [-0.4, -0.2) is 11.8 Å². The summed E-state index contributed by atoms with van der Waals surface area (Å²) >= 11 is 0. The van der Waals surface area contributed by atoms with Gasteiger partial charge in [0.25, 0.3) is 0 Å². The zero-order chi connectivity index (χ0) is 13.4. The molecule has 19 heavy (non-hydrogen) atoms. The van der Waals surface area contributed by atoms with Crippen molar-refractivity contribution in [2.75, 3.05) is 0 Å². The molecule has 0 unspecified atom stereocenters. The van der Waals surface area contributed by atoms with Crippen molar-refractivity contribution in [3.05, 3.63) is 71.5 Å². The van der Waals surface area contributed by atoms with Gasteiger partial charge < -0.3 is 4.74 Å². The van der Waals surface area contributed by atoms with Crippen LogP contribution >= 0.6 is 0 Å². The Kier molecular flexibility index (Phi) is 2.53. The Morgan fingerprint density at radius 2 is 2.00 bits per heavy atom. The molecule has 2 aliphatic rings. The Labute approximate surface area is 110 Å². The average Bonchev–Trinajstić information content (AvgIpc) is 2.82. The van der Waals surface area contributed by atoms with Crippen LogP contribution in [0, 0.1) is 0 Å². The lowest BCUT2D eigenvalue weighted by atomic mass is 9.95. The Bertz CT molecular complexity index is 702. The fourth-order valence-electron chi connectivity index (χ4n) is 2.24. The van der Waals surface area contributed by atoms with Crippen LogP contribution in [0.4, 0.5) is 0 Å². The van der Waals surface area contributed by atoms with Crippen molar-refractivity contribution in [1.29, 1.82) is 0 Å². The van der Waals surface area contributed by atoms with E-state index in [1.54, 1.807) is 0 Å². The maximum Gasteiger partial charge on any atom is 0.335 e. The van der Waals surface area contributed by atoms with Crippen LogP contribution in [0.15, 0.2) is 60.4 Å². The van der Waals surface area contributed by atoms with Crippen molar-refractivity contribution in [2.45, 2.75) is 0 Å². The Morgan fingerprint density at radius 1 is 1.21 bits per heavy atom. The molecule has 0 atom stereocenters. The number of carbonyl (C=O) groups is 2. The number of rotatable bonds is 2. The highest BCUT2D eigenvalue weighted by Gasteiger charge is 2.29. The normalized spacial score (nSPS) is 15.8. The number of carbonyl (C=O) groups excluding carboxylic acids is 2. The Morgan fingerprint density at radius 3 is 2.79 bits per heavy atom. The molecule has 0 radical (unpaired) electrons. The molecule has 0 aliphatic heterocycles. The summed E-state index contributed by atoms with van der Waals surface area (Å²) in [5, 5.41) is 0. The van der Waals surface area contributed by atoms with Crippen molar-refractivity contribution in [3.63, 3.8) is 0 Å². The van der Waals surface area contributed by atoms with Crippen molar-refractivity contribution in [2.24, 2.45) is 0 Å². The second-order valence-electron chi connectivity index (χ2n) is 4.21. The topological polar surface area (TPSA) is 43.4 Å². The molecule has 0 aromatic heterocycles. The maximum absolute atomic E-state index is 11.9.